The van der Waals surface area contributed by atoms with E-state index in [-0.39, 0.29) is 0 Å². The number of ether oxygens (including phenoxy) is 1. The van der Waals surface area contributed by atoms with Gasteiger partial charge in [-0.2, -0.15) is 0 Å². The molecule has 1 heterocycles. The highest BCUT2D eigenvalue weighted by Crippen LogP contribution is 2.17. The Hall–Kier alpha value is -1.14. The van der Waals surface area contributed by atoms with Crippen LogP contribution in [0.1, 0.15) is 122 Å². The molecule has 0 aromatic heterocycles. The lowest BCUT2D eigenvalue weighted by atomic mass is 9.99. The molecule has 1 unspecified atom stereocenters. The molecule has 0 radical (unpaired) electrons. The van der Waals surface area contributed by atoms with Gasteiger partial charge in [0.05, 0.1) is 6.10 Å². The first-order chi connectivity index (χ1) is 15.1. The highest BCUT2D eigenvalue weighted by molar-refractivity contribution is 5.66. The molecule has 6 heteroatoms. The minimum Gasteiger partial charge on any atom is -0.481 e. The van der Waals surface area contributed by atoms with Crippen LogP contribution < -0.4 is 5.32 Å². The topological polar surface area (TPSA) is 95.9 Å². The Balaban J connectivity index is 2.13. The molecule has 1 atom stereocenters. The molecule has 0 aliphatic carbocycles. The summed E-state index contributed by atoms with van der Waals surface area (Å²) in [6.07, 6.45) is 20.3. The van der Waals surface area contributed by atoms with Crippen molar-refractivity contribution in [3.8, 4) is 0 Å². The molecule has 1 fully saturated rings. The number of carbonyl (C=O) groups is 2. The maximum Gasteiger partial charge on any atom is 0.303 e. The summed E-state index contributed by atoms with van der Waals surface area (Å²) in [5, 5.41) is 21.2. The van der Waals surface area contributed by atoms with Crippen molar-refractivity contribution in [1.82, 2.24) is 5.32 Å². The van der Waals surface area contributed by atoms with E-state index < -0.39 is 11.9 Å². The quantitative estimate of drug-likeness (QED) is 0.191. The molecule has 0 aromatic carbocycles. The zero-order valence-electron chi connectivity index (χ0n) is 19.6. The van der Waals surface area contributed by atoms with E-state index in [4.69, 9.17) is 14.9 Å². The average molecular weight is 442 g/mol. The van der Waals surface area contributed by atoms with Crippen molar-refractivity contribution in [2.45, 2.75) is 134 Å². The third-order valence-corrected chi connectivity index (χ3v) is 6.29. The summed E-state index contributed by atoms with van der Waals surface area (Å²) in [7, 11) is 0. The van der Waals surface area contributed by atoms with Crippen LogP contribution >= 0.6 is 0 Å². The number of rotatable bonds is 21. The Morgan fingerprint density at radius 1 is 0.742 bits per heavy atom. The Morgan fingerprint density at radius 2 is 1.23 bits per heavy atom. The number of unbranched alkanes of at least 4 members (excludes halogenated alkanes) is 10. The first kappa shape index (κ1) is 27.9. The SMILES string of the molecule is O=C(O)CCCCCCCCC(CCCCCCCCC(=O)O)NCC1CCCCO1. The predicted octanol–water partition coefficient (Wildman–Crippen LogP) is 5.92. The summed E-state index contributed by atoms with van der Waals surface area (Å²) in [5.41, 5.74) is 0. The van der Waals surface area contributed by atoms with Crippen molar-refractivity contribution in [3.63, 3.8) is 0 Å². The summed E-state index contributed by atoms with van der Waals surface area (Å²) in [6.45, 7) is 1.87. The molecule has 1 aliphatic heterocycles. The zero-order valence-corrected chi connectivity index (χ0v) is 19.6. The Morgan fingerprint density at radius 3 is 1.68 bits per heavy atom. The van der Waals surface area contributed by atoms with Crippen LogP contribution in [0.15, 0.2) is 0 Å². The van der Waals surface area contributed by atoms with Gasteiger partial charge in [-0.05, 0) is 44.9 Å². The molecule has 1 aliphatic rings. The van der Waals surface area contributed by atoms with E-state index in [0.29, 0.717) is 25.0 Å². The summed E-state index contributed by atoms with van der Waals surface area (Å²) in [5.74, 6) is -1.37. The second-order valence-electron chi connectivity index (χ2n) is 9.20. The van der Waals surface area contributed by atoms with E-state index in [1.807, 2.05) is 0 Å². The van der Waals surface area contributed by atoms with Crippen LogP contribution in [0.3, 0.4) is 0 Å². The van der Waals surface area contributed by atoms with Gasteiger partial charge >= 0.3 is 11.9 Å². The minimum absolute atomic E-state index is 0.300. The van der Waals surface area contributed by atoms with Gasteiger partial charge in [0.25, 0.3) is 0 Å². The molecule has 31 heavy (non-hydrogen) atoms. The molecule has 0 bridgehead atoms. The van der Waals surface area contributed by atoms with E-state index in [0.717, 1.165) is 51.7 Å². The van der Waals surface area contributed by atoms with Gasteiger partial charge in [-0.1, -0.05) is 64.2 Å². The van der Waals surface area contributed by atoms with Gasteiger partial charge in [0.1, 0.15) is 0 Å². The van der Waals surface area contributed by atoms with Crippen molar-refractivity contribution in [1.29, 1.82) is 0 Å². The zero-order chi connectivity index (χ0) is 22.6. The standard InChI is InChI=1S/C25H47NO5/c27-24(28)18-11-7-3-1-5-9-15-22(26-21-23-17-13-14-20-31-23)16-10-6-2-4-8-12-19-25(29)30/h22-23,26H,1-21H2,(H,27,28)(H,29,30). The lowest BCUT2D eigenvalue weighted by Crippen LogP contribution is -2.38. The number of nitrogens with one attached hydrogen (secondary N) is 1. The molecule has 1 rings (SSSR count). The first-order valence-corrected chi connectivity index (χ1v) is 12.9. The smallest absolute Gasteiger partial charge is 0.303 e. The van der Waals surface area contributed by atoms with E-state index in [2.05, 4.69) is 5.32 Å². The lowest BCUT2D eigenvalue weighted by Gasteiger charge is -2.26. The molecule has 182 valence electrons. The van der Waals surface area contributed by atoms with Crippen molar-refractivity contribution >= 4 is 11.9 Å². The van der Waals surface area contributed by atoms with Gasteiger partial charge in [0, 0.05) is 32.0 Å². The number of aliphatic carboxylic acids is 2. The van der Waals surface area contributed by atoms with E-state index in [9.17, 15) is 9.59 Å². The Labute approximate surface area is 189 Å². The van der Waals surface area contributed by atoms with Crippen LogP contribution in [0.2, 0.25) is 0 Å². The average Bonchev–Trinajstić information content (AvgIpc) is 2.75. The van der Waals surface area contributed by atoms with Crippen molar-refractivity contribution in [3.05, 3.63) is 0 Å². The third-order valence-electron chi connectivity index (χ3n) is 6.29. The predicted molar refractivity (Wildman–Crippen MR) is 125 cm³/mol. The van der Waals surface area contributed by atoms with Crippen LogP contribution in [-0.4, -0.2) is 47.4 Å². The maximum atomic E-state index is 10.5. The lowest BCUT2D eigenvalue weighted by molar-refractivity contribution is -0.138. The van der Waals surface area contributed by atoms with Crippen molar-refractivity contribution in [2.75, 3.05) is 13.2 Å². The summed E-state index contributed by atoms with van der Waals surface area (Å²) >= 11 is 0. The van der Waals surface area contributed by atoms with Gasteiger partial charge < -0.3 is 20.3 Å². The van der Waals surface area contributed by atoms with E-state index >= 15 is 0 Å². The fraction of sp³-hybridized carbons (Fsp3) is 0.920. The van der Waals surface area contributed by atoms with Gasteiger partial charge in [-0.15, -0.1) is 0 Å². The summed E-state index contributed by atoms with van der Waals surface area (Å²) < 4.78 is 5.88. The van der Waals surface area contributed by atoms with Crippen LogP contribution in [0.25, 0.3) is 0 Å². The number of hydrogen-bond acceptors (Lipinski definition) is 4. The van der Waals surface area contributed by atoms with Crippen LogP contribution in [0.5, 0.6) is 0 Å². The molecule has 1 saturated heterocycles. The molecule has 3 N–H and O–H groups in total. The normalized spacial score (nSPS) is 16.6. The minimum atomic E-state index is -0.684. The second-order valence-corrected chi connectivity index (χ2v) is 9.20. The maximum absolute atomic E-state index is 10.5. The fourth-order valence-corrected chi connectivity index (χ4v) is 4.36. The van der Waals surface area contributed by atoms with Crippen LogP contribution in [-0.2, 0) is 14.3 Å². The Kier molecular flexibility index (Phi) is 17.6. The Bertz CT molecular complexity index is 421. The highest BCUT2D eigenvalue weighted by Gasteiger charge is 2.16. The van der Waals surface area contributed by atoms with Crippen molar-refractivity contribution < 1.29 is 24.5 Å². The highest BCUT2D eigenvalue weighted by atomic mass is 16.5. The van der Waals surface area contributed by atoms with Crippen LogP contribution in [0.4, 0.5) is 0 Å². The summed E-state index contributed by atoms with van der Waals surface area (Å²) in [4.78, 5) is 21.1. The van der Waals surface area contributed by atoms with Gasteiger partial charge in [0.2, 0.25) is 0 Å². The number of carboxylic acids is 2. The molecule has 0 spiro atoms. The van der Waals surface area contributed by atoms with Crippen LogP contribution in [0, 0.1) is 0 Å². The number of carboxylic acid groups (broad SMARTS) is 2. The molecular formula is C25H47NO5. The number of hydrogen-bond donors (Lipinski definition) is 3. The van der Waals surface area contributed by atoms with Gasteiger partial charge in [-0.25, -0.2) is 0 Å². The first-order valence-electron chi connectivity index (χ1n) is 12.9. The third kappa shape index (κ3) is 18.2. The van der Waals surface area contributed by atoms with Gasteiger partial charge in [-0.3, -0.25) is 9.59 Å². The van der Waals surface area contributed by atoms with E-state index in [1.54, 1.807) is 0 Å². The largest absolute Gasteiger partial charge is 0.481 e. The molecule has 0 saturated carbocycles. The fourth-order valence-electron chi connectivity index (χ4n) is 4.36. The molecule has 6 nitrogen and oxygen atoms in total. The van der Waals surface area contributed by atoms with Gasteiger partial charge in [0.15, 0.2) is 0 Å². The summed E-state index contributed by atoms with van der Waals surface area (Å²) in [6, 6.07) is 0.560. The molecule has 0 amide bonds. The van der Waals surface area contributed by atoms with E-state index in [1.165, 1.54) is 70.6 Å². The molecular weight excluding hydrogens is 394 g/mol. The van der Waals surface area contributed by atoms with Crippen molar-refractivity contribution in [2.24, 2.45) is 0 Å². The second kappa shape index (κ2) is 19.5. The monoisotopic (exact) mass is 441 g/mol. The molecule has 0 aromatic rings.